The van der Waals surface area contributed by atoms with Crippen LogP contribution in [-0.4, -0.2) is 25.9 Å². The molecule has 0 heterocycles. The van der Waals surface area contributed by atoms with Gasteiger partial charge >= 0.3 is 0 Å². The molecule has 2 aromatic carbocycles. The highest BCUT2D eigenvalue weighted by Crippen LogP contribution is 2.37. The Morgan fingerprint density at radius 1 is 0.773 bits per heavy atom. The maximum Gasteiger partial charge on any atom is 0.298 e. The zero-order chi connectivity index (χ0) is 16.7. The van der Waals surface area contributed by atoms with Crippen molar-refractivity contribution in [2.75, 3.05) is 11.5 Å². The van der Waals surface area contributed by atoms with Gasteiger partial charge in [-0.1, -0.05) is 24.3 Å². The van der Waals surface area contributed by atoms with Crippen LogP contribution in [0.25, 0.3) is 11.1 Å². The van der Waals surface area contributed by atoms with Crippen molar-refractivity contribution >= 4 is 31.6 Å². The second-order valence-electron chi connectivity index (χ2n) is 4.39. The molecule has 0 unspecified atom stereocenters. The zero-order valence-corrected chi connectivity index (χ0v) is 12.6. The molecule has 0 atom stereocenters. The Hall–Kier alpha value is -2.14. The lowest BCUT2D eigenvalue weighted by atomic mass is 10.0. The van der Waals surface area contributed by atoms with Gasteiger partial charge in [0, 0.05) is 11.1 Å². The largest absolute Gasteiger partial charge is 0.398 e. The molecule has 8 nitrogen and oxygen atoms in total. The van der Waals surface area contributed by atoms with Crippen LogP contribution in [0.1, 0.15) is 0 Å². The standard InChI is InChI=1S/C12H12N2O6S2/c13-9-6-5-8(11(14)12(9)22(18,19)20)7-3-1-2-4-10(7)21(15,16)17/h1-6H,13-14H2,(H,15,16,17)(H,18,19,20). The van der Waals surface area contributed by atoms with Gasteiger partial charge in [-0.3, -0.25) is 9.11 Å². The summed E-state index contributed by atoms with van der Waals surface area (Å²) < 4.78 is 64.0. The van der Waals surface area contributed by atoms with E-state index in [0.717, 1.165) is 12.1 Å². The van der Waals surface area contributed by atoms with Crippen molar-refractivity contribution in [3.63, 3.8) is 0 Å². The molecule has 0 radical (unpaired) electrons. The molecule has 2 rings (SSSR count). The second-order valence-corrected chi connectivity index (χ2v) is 7.14. The van der Waals surface area contributed by atoms with Gasteiger partial charge in [0.25, 0.3) is 20.2 Å². The minimum atomic E-state index is -4.70. The Morgan fingerprint density at radius 2 is 1.36 bits per heavy atom. The van der Waals surface area contributed by atoms with E-state index in [1.165, 1.54) is 24.3 Å². The van der Waals surface area contributed by atoms with Crippen molar-refractivity contribution < 1.29 is 25.9 Å². The lowest BCUT2D eigenvalue weighted by Gasteiger charge is -2.13. The van der Waals surface area contributed by atoms with Crippen LogP contribution in [0.5, 0.6) is 0 Å². The van der Waals surface area contributed by atoms with Crippen LogP contribution >= 0.6 is 0 Å². The molecule has 0 spiro atoms. The van der Waals surface area contributed by atoms with Gasteiger partial charge in [0.2, 0.25) is 0 Å². The lowest BCUT2D eigenvalue weighted by Crippen LogP contribution is -2.09. The topological polar surface area (TPSA) is 161 Å². The molecule has 0 bridgehead atoms. The molecular weight excluding hydrogens is 332 g/mol. The van der Waals surface area contributed by atoms with E-state index >= 15 is 0 Å². The molecule has 10 heteroatoms. The summed E-state index contributed by atoms with van der Waals surface area (Å²) in [5, 5.41) is 0. The fourth-order valence-corrected chi connectivity index (χ4v) is 3.51. The first-order valence-electron chi connectivity index (χ1n) is 5.76. The number of hydrogen-bond donors (Lipinski definition) is 4. The van der Waals surface area contributed by atoms with Crippen molar-refractivity contribution in [3.05, 3.63) is 36.4 Å². The molecule has 0 aromatic heterocycles. The maximum absolute atomic E-state index is 11.4. The first-order chi connectivity index (χ1) is 10.0. The SMILES string of the molecule is Nc1ccc(-c2ccccc2S(=O)(=O)O)c(N)c1S(=O)(=O)O. The minimum absolute atomic E-state index is 0.00458. The van der Waals surface area contributed by atoms with Gasteiger partial charge in [-0.2, -0.15) is 16.8 Å². The highest BCUT2D eigenvalue weighted by Gasteiger charge is 2.24. The van der Waals surface area contributed by atoms with Gasteiger partial charge in [-0.15, -0.1) is 0 Å². The van der Waals surface area contributed by atoms with Crippen LogP contribution in [0.15, 0.2) is 46.2 Å². The third kappa shape index (κ3) is 2.90. The molecule has 0 amide bonds. The van der Waals surface area contributed by atoms with E-state index in [9.17, 15) is 25.9 Å². The number of hydrogen-bond acceptors (Lipinski definition) is 6. The Kier molecular flexibility index (Phi) is 3.87. The highest BCUT2D eigenvalue weighted by molar-refractivity contribution is 7.86. The highest BCUT2D eigenvalue weighted by atomic mass is 32.2. The van der Waals surface area contributed by atoms with Crippen LogP contribution < -0.4 is 11.5 Å². The van der Waals surface area contributed by atoms with E-state index in [1.54, 1.807) is 0 Å². The summed E-state index contributed by atoms with van der Waals surface area (Å²) in [6.45, 7) is 0. The smallest absolute Gasteiger partial charge is 0.298 e. The van der Waals surface area contributed by atoms with E-state index in [1.807, 2.05) is 0 Å². The molecule has 118 valence electrons. The number of rotatable bonds is 3. The van der Waals surface area contributed by atoms with Crippen molar-refractivity contribution in [3.8, 4) is 11.1 Å². The van der Waals surface area contributed by atoms with Crippen LogP contribution in [0.2, 0.25) is 0 Å². The first-order valence-corrected chi connectivity index (χ1v) is 8.64. The average Bonchev–Trinajstić information content (AvgIpc) is 2.36. The lowest BCUT2D eigenvalue weighted by molar-refractivity contribution is 0.482. The molecule has 0 saturated carbocycles. The number of nitrogens with two attached hydrogens (primary N) is 2. The molecule has 2 aromatic rings. The second kappa shape index (κ2) is 5.25. The molecule has 0 fully saturated rings. The molecule has 0 aliphatic rings. The molecular formula is C12H12N2O6S2. The van der Waals surface area contributed by atoms with Gasteiger partial charge in [0.05, 0.1) is 11.4 Å². The quantitative estimate of drug-likeness (QED) is 0.474. The normalized spacial score (nSPS) is 12.3. The number of benzene rings is 2. The summed E-state index contributed by atoms with van der Waals surface area (Å²) in [6, 6.07) is 7.78. The van der Waals surface area contributed by atoms with Crippen LogP contribution in [0.4, 0.5) is 11.4 Å². The Morgan fingerprint density at radius 3 is 1.91 bits per heavy atom. The van der Waals surface area contributed by atoms with Crippen molar-refractivity contribution in [1.82, 2.24) is 0 Å². The van der Waals surface area contributed by atoms with Crippen molar-refractivity contribution in [2.45, 2.75) is 9.79 Å². The summed E-state index contributed by atoms with van der Waals surface area (Å²) in [4.78, 5) is -1.16. The maximum atomic E-state index is 11.4. The van der Waals surface area contributed by atoms with Gasteiger partial charge in [-0.25, -0.2) is 0 Å². The summed E-state index contributed by atoms with van der Waals surface area (Å²) in [5.74, 6) is 0. The molecule has 0 saturated heterocycles. The van der Waals surface area contributed by atoms with Gasteiger partial charge < -0.3 is 11.5 Å². The van der Waals surface area contributed by atoms with E-state index in [0.29, 0.717) is 0 Å². The van der Waals surface area contributed by atoms with Crippen LogP contribution in [0, 0.1) is 0 Å². The zero-order valence-electron chi connectivity index (χ0n) is 11.0. The van der Waals surface area contributed by atoms with Gasteiger partial charge in [0.1, 0.15) is 9.79 Å². The van der Waals surface area contributed by atoms with Gasteiger partial charge in [0.15, 0.2) is 0 Å². The van der Waals surface area contributed by atoms with Crippen LogP contribution in [0.3, 0.4) is 0 Å². The third-order valence-corrected chi connectivity index (χ3v) is 4.82. The van der Waals surface area contributed by atoms with Crippen molar-refractivity contribution in [2.24, 2.45) is 0 Å². The van der Waals surface area contributed by atoms with E-state index in [-0.39, 0.29) is 16.8 Å². The minimum Gasteiger partial charge on any atom is -0.398 e. The Bertz CT molecular complexity index is 952. The van der Waals surface area contributed by atoms with Gasteiger partial charge in [-0.05, 0) is 12.1 Å². The summed E-state index contributed by atoms with van der Waals surface area (Å²) >= 11 is 0. The summed E-state index contributed by atoms with van der Waals surface area (Å²) in [6.07, 6.45) is 0. The number of anilines is 2. The van der Waals surface area contributed by atoms with Crippen molar-refractivity contribution in [1.29, 1.82) is 0 Å². The number of nitrogen functional groups attached to an aromatic ring is 2. The summed E-state index contributed by atoms with van der Waals surface area (Å²) in [5.41, 5.74) is 10.5. The Balaban J connectivity index is 2.88. The monoisotopic (exact) mass is 344 g/mol. The fourth-order valence-electron chi connectivity index (χ4n) is 2.05. The summed E-state index contributed by atoms with van der Waals surface area (Å²) in [7, 11) is -9.26. The molecule has 22 heavy (non-hydrogen) atoms. The van der Waals surface area contributed by atoms with E-state index < -0.39 is 35.7 Å². The third-order valence-electron chi connectivity index (χ3n) is 2.94. The van der Waals surface area contributed by atoms with Crippen LogP contribution in [-0.2, 0) is 20.2 Å². The van der Waals surface area contributed by atoms with E-state index in [2.05, 4.69) is 0 Å². The average molecular weight is 344 g/mol. The van der Waals surface area contributed by atoms with E-state index in [4.69, 9.17) is 11.5 Å². The predicted molar refractivity (Wildman–Crippen MR) is 80.3 cm³/mol. The predicted octanol–water partition coefficient (Wildman–Crippen LogP) is 1.01. The first kappa shape index (κ1) is 16.2. The molecule has 6 N–H and O–H groups in total. The Labute approximate surface area is 126 Å². The molecule has 0 aliphatic carbocycles. The fraction of sp³-hybridized carbons (Fsp3) is 0. The molecule has 0 aliphatic heterocycles.